The number of nitrogens with one attached hydrogen (secondary N) is 2. The number of fused-ring (bicyclic) bond motifs is 1. The van der Waals surface area contributed by atoms with E-state index in [1.54, 1.807) is 7.05 Å². The molecule has 2 unspecified atom stereocenters. The number of hydrogen-bond donors (Lipinski definition) is 3. The molecule has 38 heavy (non-hydrogen) atoms. The molecule has 2 bridgehead atoms. The Labute approximate surface area is 223 Å². The molecule has 0 aliphatic carbocycles. The Kier molecular flexibility index (Phi) is 7.15. The fraction of sp³-hybridized carbons (Fsp3) is 0.483. The minimum absolute atomic E-state index is 0.261. The molecule has 202 valence electrons. The molecule has 3 heterocycles. The minimum Gasteiger partial charge on any atom is -0.394 e. The number of anilines is 2. The molecule has 3 saturated heterocycles. The summed E-state index contributed by atoms with van der Waals surface area (Å²) < 4.78 is 6.43. The van der Waals surface area contributed by atoms with E-state index in [4.69, 9.17) is 4.74 Å². The van der Waals surface area contributed by atoms with Crippen molar-refractivity contribution < 1.29 is 24.2 Å². The highest BCUT2D eigenvalue weighted by Gasteiger charge is 2.75. The van der Waals surface area contributed by atoms with Gasteiger partial charge in [0.15, 0.2) is 0 Å². The van der Waals surface area contributed by atoms with Crippen LogP contribution in [0.15, 0.2) is 54.6 Å². The number of benzene rings is 2. The van der Waals surface area contributed by atoms with Gasteiger partial charge in [-0.15, -0.1) is 0 Å². The first kappa shape index (κ1) is 26.2. The molecule has 2 aromatic carbocycles. The van der Waals surface area contributed by atoms with E-state index in [0.717, 1.165) is 18.8 Å². The third kappa shape index (κ3) is 4.05. The summed E-state index contributed by atoms with van der Waals surface area (Å²) in [6, 6.07) is 15.0. The molecular weight excluding hydrogens is 484 g/mol. The highest BCUT2D eigenvalue weighted by atomic mass is 16.5. The van der Waals surface area contributed by atoms with Crippen LogP contribution in [0.3, 0.4) is 0 Å². The van der Waals surface area contributed by atoms with Crippen molar-refractivity contribution in [2.45, 2.75) is 50.5 Å². The normalized spacial score (nSPS) is 28.2. The van der Waals surface area contributed by atoms with Gasteiger partial charge in [-0.25, -0.2) is 0 Å². The smallest absolute Gasteiger partial charge is 0.250 e. The lowest BCUT2D eigenvalue weighted by molar-refractivity contribution is -0.144. The Hall–Kier alpha value is -3.43. The number of aliphatic hydroxyl groups is 1. The second kappa shape index (κ2) is 10.4. The zero-order chi connectivity index (χ0) is 27.0. The van der Waals surface area contributed by atoms with Crippen LogP contribution < -0.4 is 15.5 Å². The van der Waals surface area contributed by atoms with Gasteiger partial charge in [0.1, 0.15) is 11.6 Å². The average Bonchev–Trinajstić information content (AvgIpc) is 3.58. The van der Waals surface area contributed by atoms with Crippen molar-refractivity contribution >= 4 is 29.1 Å². The van der Waals surface area contributed by atoms with Gasteiger partial charge >= 0.3 is 0 Å². The van der Waals surface area contributed by atoms with E-state index in [2.05, 4.69) is 29.4 Å². The molecule has 2 aromatic rings. The van der Waals surface area contributed by atoms with Crippen LogP contribution in [0.1, 0.15) is 38.3 Å². The predicted molar refractivity (Wildman–Crippen MR) is 143 cm³/mol. The molecule has 9 nitrogen and oxygen atoms in total. The third-order valence-corrected chi connectivity index (χ3v) is 8.49. The van der Waals surface area contributed by atoms with Gasteiger partial charge in [0, 0.05) is 31.5 Å². The average molecular weight is 521 g/mol. The number of amides is 3. The Morgan fingerprint density at radius 3 is 2.39 bits per heavy atom. The van der Waals surface area contributed by atoms with Crippen LogP contribution in [0.2, 0.25) is 0 Å². The number of likely N-dealkylation sites (tertiary alicyclic amines) is 1. The molecule has 1 spiro atoms. The summed E-state index contributed by atoms with van der Waals surface area (Å²) in [5, 5.41) is 16.2. The molecule has 9 heteroatoms. The lowest BCUT2D eigenvalue weighted by atomic mass is 9.70. The number of aliphatic hydroxyl groups excluding tert-OH is 1. The molecule has 3 N–H and O–H groups in total. The number of carbonyl (C=O) groups is 3. The maximum atomic E-state index is 14.1. The Morgan fingerprint density at radius 2 is 1.79 bits per heavy atom. The first-order valence-corrected chi connectivity index (χ1v) is 13.4. The van der Waals surface area contributed by atoms with E-state index in [-0.39, 0.29) is 24.3 Å². The molecule has 5 rings (SSSR count). The van der Waals surface area contributed by atoms with Crippen molar-refractivity contribution in [2.24, 2.45) is 11.8 Å². The van der Waals surface area contributed by atoms with E-state index in [0.29, 0.717) is 24.1 Å². The summed E-state index contributed by atoms with van der Waals surface area (Å²) in [6.45, 7) is 5.56. The van der Waals surface area contributed by atoms with Crippen LogP contribution >= 0.6 is 0 Å². The highest BCUT2D eigenvalue weighted by Crippen LogP contribution is 2.59. The quantitative estimate of drug-likeness (QED) is 0.468. The highest BCUT2D eigenvalue weighted by molar-refractivity contribution is 6.03. The van der Waals surface area contributed by atoms with E-state index in [1.807, 2.05) is 54.6 Å². The second-order valence-corrected chi connectivity index (χ2v) is 10.2. The van der Waals surface area contributed by atoms with Gasteiger partial charge in [-0.2, -0.15) is 0 Å². The predicted octanol–water partition coefficient (Wildman–Crippen LogP) is 2.33. The van der Waals surface area contributed by atoms with Crippen LogP contribution in [0.4, 0.5) is 11.4 Å². The summed E-state index contributed by atoms with van der Waals surface area (Å²) in [6.07, 6.45) is 0.663. The number of rotatable bonds is 9. The third-order valence-electron chi connectivity index (χ3n) is 8.49. The monoisotopic (exact) mass is 520 g/mol. The van der Waals surface area contributed by atoms with Gasteiger partial charge in [-0.3, -0.25) is 14.4 Å². The van der Waals surface area contributed by atoms with Gasteiger partial charge in [-0.05, 0) is 56.5 Å². The van der Waals surface area contributed by atoms with Gasteiger partial charge in [-0.1, -0.05) is 30.3 Å². The van der Waals surface area contributed by atoms with Crippen molar-refractivity contribution in [1.29, 1.82) is 0 Å². The zero-order valence-corrected chi connectivity index (χ0v) is 22.1. The zero-order valence-electron chi connectivity index (χ0n) is 22.1. The molecule has 3 amide bonds. The van der Waals surface area contributed by atoms with Gasteiger partial charge in [0.25, 0.3) is 0 Å². The minimum atomic E-state index is -1.13. The Balaban J connectivity index is 1.52. The SMILES string of the molecule is CCN(CC)c1ccc(NC(=O)C2N([C@H](CO)c3ccccc3)C(=O)[C@@H]3[C@H](C(=O)NC)[C@@H]4CCC23O4)cc1. The topological polar surface area (TPSA) is 111 Å². The summed E-state index contributed by atoms with van der Waals surface area (Å²) in [7, 11) is 1.55. The van der Waals surface area contributed by atoms with Gasteiger partial charge < -0.3 is 30.3 Å². The van der Waals surface area contributed by atoms with Gasteiger partial charge in [0.2, 0.25) is 17.7 Å². The Bertz CT molecular complexity index is 1190. The molecule has 3 fully saturated rings. The first-order valence-electron chi connectivity index (χ1n) is 13.4. The van der Waals surface area contributed by atoms with Crippen molar-refractivity contribution in [1.82, 2.24) is 10.2 Å². The Morgan fingerprint density at radius 1 is 1.11 bits per heavy atom. The molecule has 3 aliphatic heterocycles. The van der Waals surface area contributed by atoms with Gasteiger partial charge in [0.05, 0.1) is 30.6 Å². The number of carbonyl (C=O) groups excluding carboxylic acids is 3. The lowest BCUT2D eigenvalue weighted by Gasteiger charge is -2.36. The van der Waals surface area contributed by atoms with Crippen LogP contribution in [0, 0.1) is 11.8 Å². The molecular formula is C29H36N4O5. The van der Waals surface area contributed by atoms with Crippen LogP contribution in [0.5, 0.6) is 0 Å². The summed E-state index contributed by atoms with van der Waals surface area (Å²) in [5.74, 6) is -2.45. The van der Waals surface area contributed by atoms with Crippen LogP contribution in [-0.2, 0) is 19.1 Å². The largest absolute Gasteiger partial charge is 0.394 e. The van der Waals surface area contributed by atoms with Crippen LogP contribution in [0.25, 0.3) is 0 Å². The number of nitrogens with zero attached hydrogens (tertiary/aromatic N) is 2. The van der Waals surface area contributed by atoms with E-state index < -0.39 is 35.6 Å². The maximum Gasteiger partial charge on any atom is 0.250 e. The number of ether oxygens (including phenoxy) is 1. The fourth-order valence-corrected chi connectivity index (χ4v) is 6.78. The number of hydrogen-bond acceptors (Lipinski definition) is 6. The molecule has 3 aliphatic rings. The van der Waals surface area contributed by atoms with Crippen molar-refractivity contribution in [3.05, 3.63) is 60.2 Å². The second-order valence-electron chi connectivity index (χ2n) is 10.2. The fourth-order valence-electron chi connectivity index (χ4n) is 6.78. The summed E-state index contributed by atoms with van der Waals surface area (Å²) in [4.78, 5) is 44.7. The van der Waals surface area contributed by atoms with E-state index in [9.17, 15) is 19.5 Å². The maximum absolute atomic E-state index is 14.1. The first-order chi connectivity index (χ1) is 18.4. The lowest BCUT2D eigenvalue weighted by Crippen LogP contribution is -2.54. The van der Waals surface area contributed by atoms with Crippen molar-refractivity contribution in [2.75, 3.05) is 37.0 Å². The molecule has 0 aromatic heterocycles. The summed E-state index contributed by atoms with van der Waals surface area (Å²) in [5.41, 5.74) is 1.24. The van der Waals surface area contributed by atoms with Crippen LogP contribution in [-0.4, -0.2) is 72.2 Å². The van der Waals surface area contributed by atoms with E-state index in [1.165, 1.54) is 4.90 Å². The van der Waals surface area contributed by atoms with Crippen molar-refractivity contribution in [3.63, 3.8) is 0 Å². The summed E-state index contributed by atoms with van der Waals surface area (Å²) >= 11 is 0. The standard InChI is InChI=1S/C29H36N4O5/c1-4-32(5-2)20-13-11-19(12-14-20)31-27(36)25-29-16-15-22(38-29)23(26(35)30-3)24(29)28(37)33(25)21(17-34)18-9-7-6-8-10-18/h6-14,21-25,34H,4-5,15-17H2,1-3H3,(H,30,35)(H,31,36)/t21-,22+,23-,24+,25?,29?/m1/s1. The molecule has 6 atom stereocenters. The van der Waals surface area contributed by atoms with Crippen molar-refractivity contribution in [3.8, 4) is 0 Å². The molecule has 0 saturated carbocycles. The van der Waals surface area contributed by atoms with E-state index >= 15 is 0 Å². The molecule has 0 radical (unpaired) electrons.